The number of Topliss-reactive ketones (excluding diaryl/α,β-unsaturated/α-hetero) is 1. The minimum atomic E-state index is -0.836. The summed E-state index contributed by atoms with van der Waals surface area (Å²) in [5.74, 6) is -0.366. The monoisotopic (exact) mass is 399 g/mol. The summed E-state index contributed by atoms with van der Waals surface area (Å²) >= 11 is 0. The number of unbranched alkanes of at least 4 members (excludes halogenated alkanes) is 1. The number of esters is 1. The highest BCUT2D eigenvalue weighted by atomic mass is 31.0. The SMILES string of the molecule is CCCCC(C(=O)OCCC(C)C)C(=O)c1c(OC)cccc1OC.O=[PH2+]. The van der Waals surface area contributed by atoms with Crippen molar-refractivity contribution in [1.82, 2.24) is 0 Å². The van der Waals surface area contributed by atoms with Gasteiger partial charge < -0.3 is 14.2 Å². The van der Waals surface area contributed by atoms with E-state index in [4.69, 9.17) is 18.8 Å². The molecule has 0 aliphatic carbocycles. The van der Waals surface area contributed by atoms with Gasteiger partial charge in [-0.25, -0.2) is 0 Å². The number of carbonyl (C=O) groups is 2. The number of ether oxygens (including phenoxy) is 3. The zero-order valence-corrected chi connectivity index (χ0v) is 18.1. The molecule has 0 aliphatic heterocycles. The third-order valence-corrected chi connectivity index (χ3v) is 4.06. The van der Waals surface area contributed by atoms with Crippen LogP contribution in [0.5, 0.6) is 11.5 Å². The van der Waals surface area contributed by atoms with E-state index >= 15 is 0 Å². The molecule has 0 amide bonds. The van der Waals surface area contributed by atoms with Crippen LogP contribution in [0.1, 0.15) is 56.8 Å². The van der Waals surface area contributed by atoms with Gasteiger partial charge in [0.1, 0.15) is 23.0 Å². The second-order valence-electron chi connectivity index (χ2n) is 6.45. The van der Waals surface area contributed by atoms with E-state index in [1.54, 1.807) is 18.2 Å². The molecule has 1 aromatic carbocycles. The van der Waals surface area contributed by atoms with Crippen molar-refractivity contribution in [3.8, 4) is 11.5 Å². The Bertz CT molecular complexity index is 566. The first kappa shape index (κ1) is 25.1. The summed E-state index contributed by atoms with van der Waals surface area (Å²) in [6.45, 7) is 6.48. The van der Waals surface area contributed by atoms with Crippen molar-refractivity contribution < 1.29 is 28.4 Å². The summed E-state index contributed by atoms with van der Waals surface area (Å²) in [7, 11) is 4.15. The average molecular weight is 399 g/mol. The molecule has 0 spiro atoms. The largest absolute Gasteiger partial charge is 0.496 e. The fourth-order valence-electron chi connectivity index (χ4n) is 2.53. The lowest BCUT2D eigenvalue weighted by atomic mass is 9.91. The van der Waals surface area contributed by atoms with Crippen LogP contribution in [0.15, 0.2) is 18.2 Å². The Morgan fingerprint density at radius 3 is 2.04 bits per heavy atom. The molecule has 0 bridgehead atoms. The van der Waals surface area contributed by atoms with Crippen molar-refractivity contribution in [2.45, 2.75) is 46.5 Å². The van der Waals surface area contributed by atoms with Gasteiger partial charge in [-0.15, -0.1) is 0 Å². The minimum absolute atomic E-state index is 0.300. The third-order valence-electron chi connectivity index (χ3n) is 4.06. The van der Waals surface area contributed by atoms with Gasteiger partial charge in [-0.05, 0) is 30.9 Å². The molecule has 0 saturated heterocycles. The maximum absolute atomic E-state index is 13.1. The summed E-state index contributed by atoms with van der Waals surface area (Å²) in [6.07, 6.45) is 2.90. The van der Waals surface area contributed by atoms with Crippen molar-refractivity contribution in [3.63, 3.8) is 0 Å². The normalized spacial score (nSPS) is 11.2. The number of carbonyl (C=O) groups excluding carboxylic acids is 2. The maximum atomic E-state index is 13.1. The minimum Gasteiger partial charge on any atom is -0.496 e. The fraction of sp³-hybridized carbons (Fsp3) is 0.600. The van der Waals surface area contributed by atoms with E-state index in [0.717, 1.165) is 19.3 Å². The van der Waals surface area contributed by atoms with Gasteiger partial charge in [0.2, 0.25) is 0 Å². The van der Waals surface area contributed by atoms with E-state index in [1.165, 1.54) is 23.3 Å². The molecule has 0 N–H and O–H groups in total. The molecule has 0 aromatic heterocycles. The smallest absolute Gasteiger partial charge is 0.316 e. The van der Waals surface area contributed by atoms with Gasteiger partial charge in [-0.2, -0.15) is 0 Å². The Morgan fingerprint density at radius 1 is 1.04 bits per heavy atom. The lowest BCUT2D eigenvalue weighted by Gasteiger charge is -2.18. The van der Waals surface area contributed by atoms with Gasteiger partial charge in [0.15, 0.2) is 5.78 Å². The molecular formula is C20H32O6P+. The molecule has 1 rings (SSSR count). The topological polar surface area (TPSA) is 78.9 Å². The maximum Gasteiger partial charge on any atom is 0.316 e. The molecule has 1 aromatic rings. The molecule has 2 atom stereocenters. The first-order valence-electron chi connectivity index (χ1n) is 9.11. The van der Waals surface area contributed by atoms with Gasteiger partial charge in [-0.1, -0.05) is 44.2 Å². The van der Waals surface area contributed by atoms with Crippen molar-refractivity contribution >= 4 is 20.9 Å². The molecule has 6 nitrogen and oxygen atoms in total. The predicted molar refractivity (Wildman–Crippen MR) is 108 cm³/mol. The Kier molecular flexibility index (Phi) is 13.1. The van der Waals surface area contributed by atoms with E-state index in [-0.39, 0.29) is 5.78 Å². The first-order chi connectivity index (χ1) is 13.0. The summed E-state index contributed by atoms with van der Waals surface area (Å²) in [5, 5.41) is 0. The summed E-state index contributed by atoms with van der Waals surface area (Å²) in [4.78, 5) is 25.6. The van der Waals surface area contributed by atoms with Crippen LogP contribution < -0.4 is 9.47 Å². The summed E-state index contributed by atoms with van der Waals surface area (Å²) < 4.78 is 24.1. The average Bonchev–Trinajstić information content (AvgIpc) is 2.68. The standard InChI is InChI=1S/C20H30O5.H2OP/c1-6-7-9-15(20(22)25-13-12-14(2)3)19(21)18-16(23-4)10-8-11-17(18)24-5;1-2/h8,10-11,14-15H,6-7,9,12-13H2,1-5H3;2H2/q;+1. The molecule has 7 heteroatoms. The molecule has 0 fully saturated rings. The van der Waals surface area contributed by atoms with Crippen LogP contribution in [-0.2, 0) is 14.1 Å². The molecule has 0 heterocycles. The number of methoxy groups -OCH3 is 2. The third kappa shape index (κ3) is 8.08. The molecule has 152 valence electrons. The lowest BCUT2D eigenvalue weighted by Crippen LogP contribution is -2.27. The van der Waals surface area contributed by atoms with Crippen LogP contribution in [0.4, 0.5) is 0 Å². The van der Waals surface area contributed by atoms with E-state index < -0.39 is 11.9 Å². The number of rotatable bonds is 11. The molecule has 0 saturated carbocycles. The van der Waals surface area contributed by atoms with E-state index in [2.05, 4.69) is 13.8 Å². The Labute approximate surface area is 164 Å². The molecule has 0 radical (unpaired) electrons. The number of ketones is 1. The van der Waals surface area contributed by atoms with E-state index in [1.807, 2.05) is 6.92 Å². The van der Waals surface area contributed by atoms with Gasteiger partial charge in [0.05, 0.1) is 20.8 Å². The second kappa shape index (κ2) is 14.2. The van der Waals surface area contributed by atoms with Crippen LogP contribution in [0.3, 0.4) is 0 Å². The van der Waals surface area contributed by atoms with Gasteiger partial charge in [-0.3, -0.25) is 9.59 Å². The van der Waals surface area contributed by atoms with Crippen LogP contribution in [0, 0.1) is 11.8 Å². The highest BCUT2D eigenvalue weighted by Crippen LogP contribution is 2.32. The Morgan fingerprint density at radius 2 is 1.59 bits per heavy atom. The highest BCUT2D eigenvalue weighted by Gasteiger charge is 2.32. The van der Waals surface area contributed by atoms with E-state index in [9.17, 15) is 9.59 Å². The van der Waals surface area contributed by atoms with Crippen molar-refractivity contribution in [1.29, 1.82) is 0 Å². The lowest BCUT2D eigenvalue weighted by molar-refractivity contribution is -0.147. The molecule has 27 heavy (non-hydrogen) atoms. The Hall–Kier alpha value is -1.94. The zero-order valence-electron chi connectivity index (χ0n) is 16.9. The van der Waals surface area contributed by atoms with Crippen molar-refractivity contribution in [2.24, 2.45) is 11.8 Å². The van der Waals surface area contributed by atoms with Crippen LogP contribution in [-0.4, -0.2) is 32.6 Å². The molecular weight excluding hydrogens is 367 g/mol. The number of benzene rings is 1. The highest BCUT2D eigenvalue weighted by molar-refractivity contribution is 7.00. The van der Waals surface area contributed by atoms with Crippen LogP contribution >= 0.6 is 9.12 Å². The second-order valence-corrected chi connectivity index (χ2v) is 6.45. The van der Waals surface area contributed by atoms with Crippen LogP contribution in [0.2, 0.25) is 0 Å². The molecule has 2 unspecified atom stereocenters. The van der Waals surface area contributed by atoms with Crippen molar-refractivity contribution in [3.05, 3.63) is 23.8 Å². The zero-order chi connectivity index (χ0) is 20.8. The summed E-state index contributed by atoms with van der Waals surface area (Å²) in [5.41, 5.74) is 0.300. The number of hydrogen-bond donors (Lipinski definition) is 0. The van der Waals surface area contributed by atoms with Gasteiger partial charge in [0, 0.05) is 0 Å². The van der Waals surface area contributed by atoms with E-state index in [0.29, 0.717) is 36.0 Å². The summed E-state index contributed by atoms with van der Waals surface area (Å²) in [6, 6.07) is 5.13. The van der Waals surface area contributed by atoms with Gasteiger partial charge >= 0.3 is 15.1 Å². The molecule has 0 aliphatic rings. The quantitative estimate of drug-likeness (QED) is 0.236. The Balaban J connectivity index is 0.00000326. The van der Waals surface area contributed by atoms with Crippen molar-refractivity contribution in [2.75, 3.05) is 20.8 Å². The predicted octanol–water partition coefficient (Wildman–Crippen LogP) is 4.49. The number of hydrogen-bond acceptors (Lipinski definition) is 6. The van der Waals surface area contributed by atoms with Crippen LogP contribution in [0.25, 0.3) is 0 Å². The first-order valence-corrected chi connectivity index (χ1v) is 9.58. The van der Waals surface area contributed by atoms with Gasteiger partial charge in [0.25, 0.3) is 0 Å². The fourth-order valence-corrected chi connectivity index (χ4v) is 2.53.